The molecular weight excluding hydrogens is 305 g/mol. The molecule has 100 valence electrons. The van der Waals surface area contributed by atoms with Crippen LogP contribution in [0.2, 0.25) is 0 Å². The van der Waals surface area contributed by atoms with Gasteiger partial charge in [-0.3, -0.25) is 0 Å². The number of hydrogen-bond acceptors (Lipinski definition) is 1. The van der Waals surface area contributed by atoms with Crippen LogP contribution in [0.1, 0.15) is 17.5 Å². The standard InChI is InChI=1S/C16H17BrFN/c1-12-10-15(18)14(17)11-16(12)19-9-5-8-13-6-3-2-4-7-13/h2-4,6-7,10-11,19H,5,8-9H2,1H3. The number of halogens is 2. The van der Waals surface area contributed by atoms with E-state index < -0.39 is 0 Å². The molecule has 0 saturated heterocycles. The molecule has 0 aliphatic heterocycles. The maximum Gasteiger partial charge on any atom is 0.137 e. The molecule has 0 aromatic heterocycles. The molecule has 0 aliphatic rings. The van der Waals surface area contributed by atoms with Gasteiger partial charge in [-0.05, 0) is 59.0 Å². The molecule has 0 fully saturated rings. The van der Waals surface area contributed by atoms with Crippen LogP contribution in [0.15, 0.2) is 46.9 Å². The second kappa shape index (κ2) is 6.71. The van der Waals surface area contributed by atoms with E-state index in [9.17, 15) is 4.39 Å². The Morgan fingerprint density at radius 2 is 1.89 bits per heavy atom. The molecule has 3 heteroatoms. The molecule has 0 aliphatic carbocycles. The van der Waals surface area contributed by atoms with Crippen LogP contribution in [0.5, 0.6) is 0 Å². The van der Waals surface area contributed by atoms with Crippen LogP contribution in [0, 0.1) is 12.7 Å². The summed E-state index contributed by atoms with van der Waals surface area (Å²) < 4.78 is 13.8. The number of aryl methyl sites for hydroxylation is 2. The fourth-order valence-electron chi connectivity index (χ4n) is 2.00. The Bertz CT molecular complexity index is 540. The molecular formula is C16H17BrFN. The lowest BCUT2D eigenvalue weighted by Crippen LogP contribution is -2.04. The van der Waals surface area contributed by atoms with Crippen molar-refractivity contribution in [1.29, 1.82) is 0 Å². The molecule has 1 N–H and O–H groups in total. The molecule has 0 amide bonds. The lowest BCUT2D eigenvalue weighted by Gasteiger charge is -2.10. The van der Waals surface area contributed by atoms with Gasteiger partial charge in [0, 0.05) is 12.2 Å². The van der Waals surface area contributed by atoms with E-state index in [4.69, 9.17) is 0 Å². The minimum atomic E-state index is -0.215. The number of anilines is 1. The first-order chi connectivity index (χ1) is 9.16. The molecule has 1 nitrogen and oxygen atoms in total. The van der Waals surface area contributed by atoms with Crippen LogP contribution in [0.4, 0.5) is 10.1 Å². The van der Waals surface area contributed by atoms with E-state index in [0.717, 1.165) is 30.6 Å². The smallest absolute Gasteiger partial charge is 0.137 e. The van der Waals surface area contributed by atoms with Crippen molar-refractivity contribution in [3.8, 4) is 0 Å². The predicted molar refractivity (Wildman–Crippen MR) is 82.1 cm³/mol. The summed E-state index contributed by atoms with van der Waals surface area (Å²) in [5, 5.41) is 3.35. The maximum absolute atomic E-state index is 13.3. The van der Waals surface area contributed by atoms with Gasteiger partial charge in [0.1, 0.15) is 5.82 Å². The number of hydrogen-bond donors (Lipinski definition) is 1. The fraction of sp³-hybridized carbons (Fsp3) is 0.250. The van der Waals surface area contributed by atoms with Crippen LogP contribution in [0.3, 0.4) is 0 Å². The maximum atomic E-state index is 13.3. The molecule has 0 atom stereocenters. The van der Waals surface area contributed by atoms with Crippen LogP contribution < -0.4 is 5.32 Å². The van der Waals surface area contributed by atoms with Gasteiger partial charge in [0.25, 0.3) is 0 Å². The van der Waals surface area contributed by atoms with Crippen molar-refractivity contribution in [3.63, 3.8) is 0 Å². The Labute approximate surface area is 122 Å². The topological polar surface area (TPSA) is 12.0 Å². The lowest BCUT2D eigenvalue weighted by molar-refractivity contribution is 0.620. The Hall–Kier alpha value is -1.35. The first-order valence-electron chi connectivity index (χ1n) is 6.40. The summed E-state index contributed by atoms with van der Waals surface area (Å²) in [4.78, 5) is 0. The van der Waals surface area contributed by atoms with E-state index in [1.165, 1.54) is 5.56 Å². The van der Waals surface area contributed by atoms with Crippen molar-refractivity contribution < 1.29 is 4.39 Å². The average molecular weight is 322 g/mol. The van der Waals surface area contributed by atoms with Crippen LogP contribution in [0.25, 0.3) is 0 Å². The van der Waals surface area contributed by atoms with E-state index in [0.29, 0.717) is 4.47 Å². The van der Waals surface area contributed by atoms with Gasteiger partial charge < -0.3 is 5.32 Å². The Kier molecular flexibility index (Phi) is 4.97. The summed E-state index contributed by atoms with van der Waals surface area (Å²) >= 11 is 3.21. The summed E-state index contributed by atoms with van der Waals surface area (Å²) in [7, 11) is 0. The molecule has 0 spiro atoms. The van der Waals surface area contributed by atoms with Crippen LogP contribution >= 0.6 is 15.9 Å². The molecule has 0 saturated carbocycles. The molecule has 0 heterocycles. The van der Waals surface area contributed by atoms with Crippen molar-refractivity contribution in [1.82, 2.24) is 0 Å². The molecule has 2 aromatic rings. The van der Waals surface area contributed by atoms with E-state index in [2.05, 4.69) is 45.5 Å². The normalized spacial score (nSPS) is 10.5. The summed E-state index contributed by atoms with van der Waals surface area (Å²) in [6.07, 6.45) is 2.10. The minimum absolute atomic E-state index is 0.215. The van der Waals surface area contributed by atoms with Crippen molar-refractivity contribution >= 4 is 21.6 Å². The summed E-state index contributed by atoms with van der Waals surface area (Å²) in [5.74, 6) is -0.215. The van der Waals surface area contributed by atoms with E-state index in [1.807, 2.05) is 13.0 Å². The van der Waals surface area contributed by atoms with Gasteiger partial charge in [0.2, 0.25) is 0 Å². The van der Waals surface area contributed by atoms with Gasteiger partial charge in [-0.2, -0.15) is 0 Å². The molecule has 0 radical (unpaired) electrons. The number of benzene rings is 2. The Balaban J connectivity index is 1.85. The average Bonchev–Trinajstić information content (AvgIpc) is 2.41. The minimum Gasteiger partial charge on any atom is -0.385 e. The van der Waals surface area contributed by atoms with Gasteiger partial charge in [0.05, 0.1) is 4.47 Å². The Morgan fingerprint density at radius 3 is 2.63 bits per heavy atom. The second-order valence-electron chi connectivity index (χ2n) is 4.60. The van der Waals surface area contributed by atoms with Crippen molar-refractivity contribution in [2.24, 2.45) is 0 Å². The Morgan fingerprint density at radius 1 is 1.16 bits per heavy atom. The number of nitrogens with one attached hydrogen (secondary N) is 1. The molecule has 2 rings (SSSR count). The largest absolute Gasteiger partial charge is 0.385 e. The second-order valence-corrected chi connectivity index (χ2v) is 5.45. The highest BCUT2D eigenvalue weighted by Gasteiger charge is 2.04. The summed E-state index contributed by atoms with van der Waals surface area (Å²) in [5.41, 5.74) is 3.27. The first-order valence-corrected chi connectivity index (χ1v) is 7.19. The molecule has 0 bridgehead atoms. The van der Waals surface area contributed by atoms with Crippen molar-refractivity contribution in [3.05, 3.63) is 63.9 Å². The van der Waals surface area contributed by atoms with Crippen molar-refractivity contribution in [2.75, 3.05) is 11.9 Å². The SMILES string of the molecule is Cc1cc(F)c(Br)cc1NCCCc1ccccc1. The fourth-order valence-corrected chi connectivity index (χ4v) is 2.34. The highest BCUT2D eigenvalue weighted by Crippen LogP contribution is 2.24. The van der Waals surface area contributed by atoms with E-state index >= 15 is 0 Å². The van der Waals surface area contributed by atoms with Gasteiger partial charge in [-0.15, -0.1) is 0 Å². The molecule has 2 aromatic carbocycles. The van der Waals surface area contributed by atoms with Gasteiger partial charge >= 0.3 is 0 Å². The highest BCUT2D eigenvalue weighted by molar-refractivity contribution is 9.10. The lowest BCUT2D eigenvalue weighted by atomic mass is 10.1. The number of rotatable bonds is 5. The summed E-state index contributed by atoms with van der Waals surface area (Å²) in [6.45, 7) is 2.79. The van der Waals surface area contributed by atoms with Gasteiger partial charge in [-0.1, -0.05) is 30.3 Å². The quantitative estimate of drug-likeness (QED) is 0.769. The van der Waals surface area contributed by atoms with Crippen molar-refractivity contribution in [2.45, 2.75) is 19.8 Å². The van der Waals surface area contributed by atoms with E-state index in [-0.39, 0.29) is 5.82 Å². The summed E-state index contributed by atoms with van der Waals surface area (Å²) in [6, 6.07) is 13.8. The van der Waals surface area contributed by atoms with Gasteiger partial charge in [0.15, 0.2) is 0 Å². The van der Waals surface area contributed by atoms with E-state index in [1.54, 1.807) is 12.1 Å². The predicted octanol–water partition coefficient (Wildman–Crippen LogP) is 4.94. The zero-order valence-corrected chi connectivity index (χ0v) is 12.5. The molecule has 19 heavy (non-hydrogen) atoms. The van der Waals surface area contributed by atoms with Crippen LogP contribution in [-0.2, 0) is 6.42 Å². The zero-order chi connectivity index (χ0) is 13.7. The highest BCUT2D eigenvalue weighted by atomic mass is 79.9. The third-order valence-corrected chi connectivity index (χ3v) is 3.68. The third kappa shape index (κ3) is 4.06. The van der Waals surface area contributed by atoms with Gasteiger partial charge in [-0.25, -0.2) is 4.39 Å². The molecule has 0 unspecified atom stereocenters. The van der Waals surface area contributed by atoms with Crippen LogP contribution in [-0.4, -0.2) is 6.54 Å². The zero-order valence-electron chi connectivity index (χ0n) is 10.9. The monoisotopic (exact) mass is 321 g/mol. The third-order valence-electron chi connectivity index (χ3n) is 3.07. The first kappa shape index (κ1) is 14.1.